The third-order valence-corrected chi connectivity index (χ3v) is 3.53. The molecule has 0 spiro atoms. The van der Waals surface area contributed by atoms with Crippen LogP contribution in [0.3, 0.4) is 0 Å². The summed E-state index contributed by atoms with van der Waals surface area (Å²) in [5.74, 6) is 0. The predicted octanol–water partition coefficient (Wildman–Crippen LogP) is 3.63. The van der Waals surface area contributed by atoms with Gasteiger partial charge in [0.25, 0.3) is 0 Å². The van der Waals surface area contributed by atoms with Crippen molar-refractivity contribution in [2.24, 2.45) is 4.99 Å². The van der Waals surface area contributed by atoms with Crippen molar-refractivity contribution in [3.05, 3.63) is 29.3 Å². The fourth-order valence-corrected chi connectivity index (χ4v) is 2.46. The Morgan fingerprint density at radius 2 is 2.13 bits per heavy atom. The van der Waals surface area contributed by atoms with Crippen LogP contribution in [0, 0.1) is 0 Å². The van der Waals surface area contributed by atoms with Gasteiger partial charge in [-0.25, -0.2) is 0 Å². The number of thioether (sulfide) groups is 1. The molecule has 1 heterocycles. The average Bonchev–Trinajstić information content (AvgIpc) is 2.50. The molecule has 2 rings (SSSR count). The second kappa shape index (κ2) is 4.06. The van der Waals surface area contributed by atoms with E-state index in [1.807, 2.05) is 24.3 Å². The van der Waals surface area contributed by atoms with Gasteiger partial charge in [0.2, 0.25) is 0 Å². The summed E-state index contributed by atoms with van der Waals surface area (Å²) < 4.78 is 0.198. The molecule has 1 aliphatic heterocycles. The molecule has 1 aromatic carbocycles. The number of hydrogen-bond acceptors (Lipinski definition) is 3. The first-order chi connectivity index (χ1) is 7.07. The van der Waals surface area contributed by atoms with Crippen LogP contribution in [0.25, 0.3) is 0 Å². The summed E-state index contributed by atoms with van der Waals surface area (Å²) in [5.41, 5.74) is 0.920. The molecule has 0 aromatic heterocycles. The lowest BCUT2D eigenvalue weighted by atomic mass is 10.2. The predicted molar refractivity (Wildman–Crippen MR) is 69.0 cm³/mol. The van der Waals surface area contributed by atoms with E-state index >= 15 is 0 Å². The lowest BCUT2D eigenvalue weighted by molar-refractivity contribution is 0.741. The van der Waals surface area contributed by atoms with Crippen molar-refractivity contribution in [2.75, 3.05) is 11.9 Å². The molecule has 0 fully saturated rings. The van der Waals surface area contributed by atoms with Gasteiger partial charge in [0.15, 0.2) is 5.17 Å². The van der Waals surface area contributed by atoms with Gasteiger partial charge in [-0.15, -0.1) is 0 Å². The van der Waals surface area contributed by atoms with Gasteiger partial charge >= 0.3 is 0 Å². The maximum Gasteiger partial charge on any atom is 0.161 e. The molecule has 80 valence electrons. The van der Waals surface area contributed by atoms with Crippen molar-refractivity contribution in [1.29, 1.82) is 0 Å². The van der Waals surface area contributed by atoms with E-state index in [1.165, 1.54) is 0 Å². The monoisotopic (exact) mass is 240 g/mol. The summed E-state index contributed by atoms with van der Waals surface area (Å²) in [7, 11) is 0. The highest BCUT2D eigenvalue weighted by molar-refractivity contribution is 8.15. The first-order valence-electron chi connectivity index (χ1n) is 4.82. The zero-order valence-electron chi connectivity index (χ0n) is 8.75. The quantitative estimate of drug-likeness (QED) is 0.811. The Hall–Kier alpha value is -0.670. The third kappa shape index (κ3) is 2.67. The van der Waals surface area contributed by atoms with Crippen molar-refractivity contribution in [3.63, 3.8) is 0 Å². The maximum absolute atomic E-state index is 6.05. The van der Waals surface area contributed by atoms with Crippen LogP contribution < -0.4 is 5.32 Å². The van der Waals surface area contributed by atoms with Crippen molar-refractivity contribution in [3.8, 4) is 0 Å². The van der Waals surface area contributed by atoms with Crippen LogP contribution in [0.1, 0.15) is 13.8 Å². The third-order valence-electron chi connectivity index (χ3n) is 2.09. The van der Waals surface area contributed by atoms with Gasteiger partial charge in [-0.3, -0.25) is 4.99 Å². The molecule has 2 nitrogen and oxygen atoms in total. The molecule has 0 bridgehead atoms. The molecule has 4 heteroatoms. The summed E-state index contributed by atoms with van der Waals surface area (Å²) in [6.45, 7) is 5.22. The first kappa shape index (κ1) is 10.8. The molecule has 15 heavy (non-hydrogen) atoms. The van der Waals surface area contributed by atoms with Crippen LogP contribution in [0.15, 0.2) is 29.3 Å². The number of nitrogens with one attached hydrogen (secondary N) is 1. The van der Waals surface area contributed by atoms with E-state index in [1.54, 1.807) is 11.8 Å². The zero-order valence-corrected chi connectivity index (χ0v) is 10.3. The number of halogens is 1. The summed E-state index contributed by atoms with van der Waals surface area (Å²) in [6, 6.07) is 7.70. The van der Waals surface area contributed by atoms with Crippen LogP contribution in [0.5, 0.6) is 0 Å². The fourth-order valence-electron chi connectivity index (χ4n) is 1.33. The molecular weight excluding hydrogens is 228 g/mol. The van der Waals surface area contributed by atoms with Crippen LogP contribution in [0.4, 0.5) is 5.69 Å². The minimum absolute atomic E-state index is 0.198. The largest absolute Gasteiger partial charge is 0.334 e. The Kier molecular flexibility index (Phi) is 2.94. The first-order valence-corrected chi connectivity index (χ1v) is 6.01. The van der Waals surface area contributed by atoms with Crippen LogP contribution in [-0.2, 0) is 0 Å². The van der Waals surface area contributed by atoms with Crippen molar-refractivity contribution >= 4 is 34.2 Å². The number of benzene rings is 1. The second-order valence-corrected chi connectivity index (χ2v) is 6.19. The van der Waals surface area contributed by atoms with E-state index in [0.717, 1.165) is 22.4 Å². The van der Waals surface area contributed by atoms with Crippen LogP contribution in [-0.4, -0.2) is 16.5 Å². The number of hydrogen-bond donors (Lipinski definition) is 1. The van der Waals surface area contributed by atoms with Gasteiger partial charge in [-0.05, 0) is 26.0 Å². The highest BCUT2D eigenvalue weighted by atomic mass is 35.5. The summed E-state index contributed by atoms with van der Waals surface area (Å²) in [6.07, 6.45) is 0. The number of nitrogens with zero attached hydrogens (tertiary/aromatic N) is 1. The van der Waals surface area contributed by atoms with E-state index in [4.69, 9.17) is 11.6 Å². The van der Waals surface area contributed by atoms with Gasteiger partial charge in [-0.1, -0.05) is 35.5 Å². The molecule has 0 saturated heterocycles. The van der Waals surface area contributed by atoms with Gasteiger partial charge in [0.1, 0.15) is 0 Å². The molecule has 1 aromatic rings. The fraction of sp³-hybridized carbons (Fsp3) is 0.364. The van der Waals surface area contributed by atoms with Gasteiger partial charge in [0, 0.05) is 4.75 Å². The minimum atomic E-state index is 0.198. The Morgan fingerprint density at radius 1 is 1.40 bits per heavy atom. The van der Waals surface area contributed by atoms with E-state index in [0.29, 0.717) is 0 Å². The molecule has 0 atom stereocenters. The van der Waals surface area contributed by atoms with Crippen LogP contribution in [0.2, 0.25) is 5.02 Å². The summed E-state index contributed by atoms with van der Waals surface area (Å²) in [5, 5.41) is 4.93. The normalized spacial score (nSPS) is 18.7. The maximum atomic E-state index is 6.05. The Labute approximate surface area is 99.1 Å². The zero-order chi connectivity index (χ0) is 10.9. The van der Waals surface area contributed by atoms with Gasteiger partial charge < -0.3 is 5.32 Å². The summed E-state index contributed by atoms with van der Waals surface area (Å²) in [4.78, 5) is 4.43. The van der Waals surface area contributed by atoms with E-state index in [2.05, 4.69) is 24.2 Å². The van der Waals surface area contributed by atoms with E-state index in [-0.39, 0.29) is 4.75 Å². The molecule has 0 radical (unpaired) electrons. The molecule has 1 N–H and O–H groups in total. The van der Waals surface area contributed by atoms with Gasteiger partial charge in [0.05, 0.1) is 17.3 Å². The highest BCUT2D eigenvalue weighted by Crippen LogP contribution is 2.33. The molecule has 0 amide bonds. The number of amidine groups is 1. The SMILES string of the molecule is CC1(C)CN=C(Nc2ccccc2Cl)S1. The second-order valence-electron chi connectivity index (χ2n) is 4.09. The number of para-hydroxylation sites is 1. The smallest absolute Gasteiger partial charge is 0.161 e. The average molecular weight is 241 g/mol. The lowest BCUT2D eigenvalue weighted by Gasteiger charge is -2.14. The Bertz CT molecular complexity index is 401. The van der Waals surface area contributed by atoms with E-state index < -0.39 is 0 Å². The summed E-state index contributed by atoms with van der Waals surface area (Å²) >= 11 is 7.80. The lowest BCUT2D eigenvalue weighted by Crippen LogP contribution is -2.16. The highest BCUT2D eigenvalue weighted by Gasteiger charge is 2.27. The molecular formula is C11H13ClN2S. The Balaban J connectivity index is 2.08. The molecule has 0 unspecified atom stereocenters. The topological polar surface area (TPSA) is 24.4 Å². The van der Waals surface area contributed by atoms with Crippen LogP contribution >= 0.6 is 23.4 Å². The standard InChI is InChI=1S/C11H13ClN2S/c1-11(2)7-13-10(15-11)14-9-6-4-3-5-8(9)12/h3-6H,7H2,1-2H3,(H,13,14). The minimum Gasteiger partial charge on any atom is -0.334 e. The molecule has 0 aliphatic carbocycles. The van der Waals surface area contributed by atoms with Gasteiger partial charge in [-0.2, -0.15) is 0 Å². The molecule has 1 aliphatic rings. The van der Waals surface area contributed by atoms with Crippen molar-refractivity contribution < 1.29 is 0 Å². The van der Waals surface area contributed by atoms with Crippen molar-refractivity contribution in [1.82, 2.24) is 0 Å². The number of rotatable bonds is 1. The Morgan fingerprint density at radius 3 is 2.73 bits per heavy atom. The number of aliphatic imine (C=N–C) groups is 1. The van der Waals surface area contributed by atoms with Crippen molar-refractivity contribution in [2.45, 2.75) is 18.6 Å². The molecule has 0 saturated carbocycles. The van der Waals surface area contributed by atoms with E-state index in [9.17, 15) is 0 Å². The number of anilines is 1.